The Labute approximate surface area is 159 Å². The Morgan fingerprint density at radius 2 is 1.89 bits per heavy atom. The smallest absolute Gasteiger partial charge is 0.262 e. The topological polar surface area (TPSA) is 102 Å². The summed E-state index contributed by atoms with van der Waals surface area (Å²) in [5.41, 5.74) is 6.12. The lowest BCUT2D eigenvalue weighted by Gasteiger charge is -2.04. The highest BCUT2D eigenvalue weighted by molar-refractivity contribution is 6.30. The first-order chi connectivity index (χ1) is 13.1. The third-order valence-electron chi connectivity index (χ3n) is 3.37. The van der Waals surface area contributed by atoms with Gasteiger partial charge in [-0.2, -0.15) is 4.80 Å². The number of carbonyl (C=O) groups excluding carboxylic acids is 2. The van der Waals surface area contributed by atoms with Gasteiger partial charge in [0.1, 0.15) is 6.54 Å². The molecule has 2 amide bonds. The van der Waals surface area contributed by atoms with Crippen LogP contribution in [0, 0.1) is 0 Å². The summed E-state index contributed by atoms with van der Waals surface area (Å²) in [7, 11) is 0. The Morgan fingerprint density at radius 1 is 1.07 bits per heavy atom. The van der Waals surface area contributed by atoms with Crippen LogP contribution in [0.2, 0.25) is 5.02 Å². The van der Waals surface area contributed by atoms with E-state index in [2.05, 4.69) is 26.3 Å². The first kappa shape index (κ1) is 18.3. The molecule has 0 saturated carbocycles. The summed E-state index contributed by atoms with van der Waals surface area (Å²) in [6, 6.07) is 16.3. The molecular formula is C18H15ClN6O2. The third kappa shape index (κ3) is 5.48. The van der Waals surface area contributed by atoms with Gasteiger partial charge in [0.25, 0.3) is 11.8 Å². The maximum atomic E-state index is 11.9. The highest BCUT2D eigenvalue weighted by Gasteiger charge is 2.09. The van der Waals surface area contributed by atoms with Crippen molar-refractivity contribution in [1.29, 1.82) is 0 Å². The highest BCUT2D eigenvalue weighted by Crippen LogP contribution is 2.12. The van der Waals surface area contributed by atoms with Gasteiger partial charge in [0, 0.05) is 16.7 Å². The largest absolute Gasteiger partial charge is 0.271 e. The van der Waals surface area contributed by atoms with E-state index in [9.17, 15) is 9.59 Å². The zero-order chi connectivity index (χ0) is 19.1. The van der Waals surface area contributed by atoms with Crippen molar-refractivity contribution >= 4 is 29.5 Å². The van der Waals surface area contributed by atoms with Crippen molar-refractivity contribution < 1.29 is 9.59 Å². The Kier molecular flexibility index (Phi) is 5.91. The average Bonchev–Trinajstić information content (AvgIpc) is 3.14. The Balaban J connectivity index is 1.48. The second kappa shape index (κ2) is 8.72. The second-order valence-corrected chi connectivity index (χ2v) is 5.87. The van der Waals surface area contributed by atoms with E-state index in [4.69, 9.17) is 11.6 Å². The van der Waals surface area contributed by atoms with Crippen LogP contribution in [0.1, 0.15) is 5.56 Å². The molecule has 27 heavy (non-hydrogen) atoms. The molecule has 9 heteroatoms. The van der Waals surface area contributed by atoms with Crippen LogP contribution >= 0.6 is 11.6 Å². The van der Waals surface area contributed by atoms with Crippen molar-refractivity contribution in [3.8, 4) is 11.4 Å². The minimum absolute atomic E-state index is 0.182. The number of tetrazole rings is 1. The summed E-state index contributed by atoms with van der Waals surface area (Å²) in [6.45, 7) is -0.182. The Morgan fingerprint density at radius 3 is 2.67 bits per heavy atom. The molecule has 0 radical (unpaired) electrons. The zero-order valence-corrected chi connectivity index (χ0v) is 14.8. The molecule has 0 unspecified atom stereocenters. The zero-order valence-electron chi connectivity index (χ0n) is 14.0. The van der Waals surface area contributed by atoms with Crippen LogP contribution in [0.15, 0.2) is 60.7 Å². The monoisotopic (exact) mass is 382 g/mol. The quantitative estimate of drug-likeness (QED) is 0.518. The molecule has 0 aliphatic rings. The summed E-state index contributed by atoms with van der Waals surface area (Å²) < 4.78 is 0. The Hall–Kier alpha value is -3.52. The van der Waals surface area contributed by atoms with Crippen LogP contribution in [0.4, 0.5) is 0 Å². The molecule has 1 heterocycles. The summed E-state index contributed by atoms with van der Waals surface area (Å²) in [5.74, 6) is -0.562. The van der Waals surface area contributed by atoms with Gasteiger partial charge in [-0.1, -0.05) is 54.1 Å². The van der Waals surface area contributed by atoms with Gasteiger partial charge < -0.3 is 0 Å². The molecule has 0 fully saturated rings. The average molecular weight is 383 g/mol. The molecule has 8 nitrogen and oxygen atoms in total. The standard InChI is InChI=1S/C18H15ClN6O2/c19-15-8-4-5-13(11-15)9-10-16(26)20-21-17(27)12-25-23-18(22-24-25)14-6-2-1-3-7-14/h1-11H,12H2,(H,20,26)(H,21,27)/b10-9+. The van der Waals surface area contributed by atoms with Crippen molar-refractivity contribution in [2.45, 2.75) is 6.54 Å². The molecule has 136 valence electrons. The van der Waals surface area contributed by atoms with Gasteiger partial charge in [0.05, 0.1) is 0 Å². The predicted octanol–water partition coefficient (Wildman–Crippen LogP) is 1.85. The van der Waals surface area contributed by atoms with E-state index in [1.54, 1.807) is 30.3 Å². The fourth-order valence-electron chi connectivity index (χ4n) is 2.14. The number of hydrogen-bond acceptors (Lipinski definition) is 5. The molecular weight excluding hydrogens is 368 g/mol. The van der Waals surface area contributed by atoms with Crippen molar-refractivity contribution in [3.63, 3.8) is 0 Å². The number of benzene rings is 2. The van der Waals surface area contributed by atoms with E-state index >= 15 is 0 Å². The van der Waals surface area contributed by atoms with Crippen LogP contribution in [0.5, 0.6) is 0 Å². The fourth-order valence-corrected chi connectivity index (χ4v) is 2.33. The van der Waals surface area contributed by atoms with E-state index in [0.717, 1.165) is 15.9 Å². The molecule has 0 bridgehead atoms. The van der Waals surface area contributed by atoms with Crippen LogP contribution in [-0.2, 0) is 16.1 Å². The molecule has 0 aliphatic carbocycles. The van der Waals surface area contributed by atoms with E-state index in [-0.39, 0.29) is 6.54 Å². The van der Waals surface area contributed by atoms with Gasteiger partial charge in [-0.15, -0.1) is 10.2 Å². The minimum atomic E-state index is -0.489. The number of nitrogens with one attached hydrogen (secondary N) is 2. The van der Waals surface area contributed by atoms with Crippen molar-refractivity contribution in [2.75, 3.05) is 0 Å². The lowest BCUT2D eigenvalue weighted by Crippen LogP contribution is -2.42. The molecule has 3 aromatic rings. The number of hydrazine groups is 1. The first-order valence-corrected chi connectivity index (χ1v) is 8.33. The van der Waals surface area contributed by atoms with Gasteiger partial charge in [0.2, 0.25) is 5.82 Å². The lowest BCUT2D eigenvalue weighted by atomic mass is 10.2. The van der Waals surface area contributed by atoms with Gasteiger partial charge in [0.15, 0.2) is 0 Å². The summed E-state index contributed by atoms with van der Waals surface area (Å²) >= 11 is 5.87. The predicted molar refractivity (Wildman–Crippen MR) is 100 cm³/mol. The number of aromatic nitrogens is 4. The van der Waals surface area contributed by atoms with Crippen molar-refractivity contribution in [1.82, 2.24) is 31.1 Å². The maximum Gasteiger partial charge on any atom is 0.262 e. The van der Waals surface area contributed by atoms with Gasteiger partial charge in [-0.3, -0.25) is 20.4 Å². The van der Waals surface area contributed by atoms with Crippen LogP contribution in [-0.4, -0.2) is 32.0 Å². The molecule has 2 aromatic carbocycles. The van der Waals surface area contributed by atoms with E-state index in [0.29, 0.717) is 10.8 Å². The fraction of sp³-hybridized carbons (Fsp3) is 0.0556. The minimum Gasteiger partial charge on any atom is -0.271 e. The van der Waals surface area contributed by atoms with Gasteiger partial charge >= 0.3 is 0 Å². The van der Waals surface area contributed by atoms with E-state index < -0.39 is 11.8 Å². The van der Waals surface area contributed by atoms with Crippen LogP contribution < -0.4 is 10.9 Å². The van der Waals surface area contributed by atoms with Crippen molar-refractivity contribution in [3.05, 3.63) is 71.3 Å². The van der Waals surface area contributed by atoms with Gasteiger partial charge in [-0.25, -0.2) is 0 Å². The second-order valence-electron chi connectivity index (χ2n) is 5.44. The number of hydrogen-bond donors (Lipinski definition) is 2. The number of rotatable bonds is 5. The van der Waals surface area contributed by atoms with Crippen LogP contribution in [0.3, 0.4) is 0 Å². The number of nitrogens with zero attached hydrogens (tertiary/aromatic N) is 4. The third-order valence-corrected chi connectivity index (χ3v) is 3.61. The molecule has 2 N–H and O–H groups in total. The molecule has 0 atom stereocenters. The highest BCUT2D eigenvalue weighted by atomic mass is 35.5. The molecule has 0 aliphatic heterocycles. The molecule has 3 rings (SSSR count). The molecule has 1 aromatic heterocycles. The van der Waals surface area contributed by atoms with Crippen molar-refractivity contribution in [2.24, 2.45) is 0 Å². The summed E-state index contributed by atoms with van der Waals surface area (Å²) in [4.78, 5) is 24.8. The maximum absolute atomic E-state index is 11.9. The molecule has 0 saturated heterocycles. The Bertz CT molecular complexity index is 971. The summed E-state index contributed by atoms with van der Waals surface area (Å²) in [5, 5.41) is 12.4. The number of amides is 2. The van der Waals surface area contributed by atoms with Crippen LogP contribution in [0.25, 0.3) is 17.5 Å². The lowest BCUT2D eigenvalue weighted by molar-refractivity contribution is -0.127. The normalized spacial score (nSPS) is 10.7. The summed E-state index contributed by atoms with van der Waals surface area (Å²) in [6.07, 6.45) is 2.87. The molecule has 0 spiro atoms. The van der Waals surface area contributed by atoms with Gasteiger partial charge in [-0.05, 0) is 29.0 Å². The number of halogens is 1. The SMILES string of the molecule is O=C(/C=C/c1cccc(Cl)c1)NNC(=O)Cn1nnc(-c2ccccc2)n1. The number of carbonyl (C=O) groups is 2. The van der Waals surface area contributed by atoms with E-state index in [1.807, 2.05) is 30.3 Å². The van der Waals surface area contributed by atoms with E-state index in [1.165, 1.54) is 6.08 Å². The first-order valence-electron chi connectivity index (χ1n) is 7.96.